The number of morpholine rings is 1. The highest BCUT2D eigenvalue weighted by Gasteiger charge is 2.13. The number of nitrogens with one attached hydrogen (secondary N) is 1. The van der Waals surface area contributed by atoms with E-state index >= 15 is 0 Å². The number of carbonyl (C=O) groups excluding carboxylic acids is 1. The molecule has 21 heavy (non-hydrogen) atoms. The Bertz CT molecular complexity index is 457. The van der Waals surface area contributed by atoms with Gasteiger partial charge in [0.2, 0.25) is 5.91 Å². The molecule has 1 aromatic rings. The molecule has 0 saturated carbocycles. The number of rotatable bonds is 6. The summed E-state index contributed by atoms with van der Waals surface area (Å²) >= 11 is 0. The summed E-state index contributed by atoms with van der Waals surface area (Å²) in [7, 11) is 0. The Kier molecular flexibility index (Phi) is 6.17. The Morgan fingerprint density at radius 3 is 2.67 bits per heavy atom. The standard InChI is InChI=1S/C16H25N3O2/c1-13(17)10-16(20)18-11-14-4-2-3-5-15(14)12-19-6-8-21-9-7-19/h2-5,13H,6-12,17H2,1H3,(H,18,20). The first kappa shape index (κ1) is 15.9. The molecule has 3 N–H and O–H groups in total. The van der Waals surface area contributed by atoms with Crippen LogP contribution in [0, 0.1) is 0 Å². The summed E-state index contributed by atoms with van der Waals surface area (Å²) in [6, 6.07) is 8.15. The number of nitrogens with zero attached hydrogens (tertiary/aromatic N) is 1. The van der Waals surface area contributed by atoms with Crippen molar-refractivity contribution in [1.82, 2.24) is 10.2 Å². The number of carbonyl (C=O) groups is 1. The molecule has 0 spiro atoms. The van der Waals surface area contributed by atoms with Crippen LogP contribution in [0.1, 0.15) is 24.5 Å². The van der Waals surface area contributed by atoms with E-state index in [9.17, 15) is 4.79 Å². The first-order valence-electron chi connectivity index (χ1n) is 7.54. The van der Waals surface area contributed by atoms with Gasteiger partial charge in [0, 0.05) is 38.6 Å². The molecule has 5 nitrogen and oxygen atoms in total. The van der Waals surface area contributed by atoms with Gasteiger partial charge in [0.05, 0.1) is 13.2 Å². The smallest absolute Gasteiger partial charge is 0.221 e. The monoisotopic (exact) mass is 291 g/mol. The molecule has 2 rings (SSSR count). The molecule has 1 atom stereocenters. The second kappa shape index (κ2) is 8.12. The average Bonchev–Trinajstić information content (AvgIpc) is 2.47. The molecular formula is C16H25N3O2. The third-order valence-electron chi connectivity index (χ3n) is 3.60. The van der Waals surface area contributed by atoms with Gasteiger partial charge in [0.25, 0.3) is 0 Å². The first-order chi connectivity index (χ1) is 10.1. The SMILES string of the molecule is CC(N)CC(=O)NCc1ccccc1CN1CCOCC1. The Morgan fingerprint density at radius 1 is 1.33 bits per heavy atom. The predicted molar refractivity (Wildman–Crippen MR) is 82.7 cm³/mol. The lowest BCUT2D eigenvalue weighted by atomic mass is 10.1. The van der Waals surface area contributed by atoms with Gasteiger partial charge in [0.15, 0.2) is 0 Å². The second-order valence-electron chi connectivity index (χ2n) is 5.62. The molecule has 1 aromatic carbocycles. The van der Waals surface area contributed by atoms with Gasteiger partial charge in [-0.3, -0.25) is 9.69 Å². The van der Waals surface area contributed by atoms with Gasteiger partial charge in [-0.2, -0.15) is 0 Å². The maximum absolute atomic E-state index is 11.7. The second-order valence-corrected chi connectivity index (χ2v) is 5.62. The molecule has 1 saturated heterocycles. The van der Waals surface area contributed by atoms with E-state index in [1.165, 1.54) is 11.1 Å². The quantitative estimate of drug-likeness (QED) is 0.816. The van der Waals surface area contributed by atoms with E-state index in [0.717, 1.165) is 32.8 Å². The van der Waals surface area contributed by atoms with Crippen molar-refractivity contribution in [2.75, 3.05) is 26.3 Å². The minimum atomic E-state index is -0.103. The zero-order valence-electron chi connectivity index (χ0n) is 12.7. The van der Waals surface area contributed by atoms with E-state index in [1.54, 1.807) is 0 Å². The minimum absolute atomic E-state index is 0.00572. The average molecular weight is 291 g/mol. The molecule has 5 heteroatoms. The van der Waals surface area contributed by atoms with Gasteiger partial charge in [-0.05, 0) is 18.1 Å². The Hall–Kier alpha value is -1.43. The van der Waals surface area contributed by atoms with Crippen molar-refractivity contribution in [1.29, 1.82) is 0 Å². The summed E-state index contributed by atoms with van der Waals surface area (Å²) in [5.41, 5.74) is 8.07. The van der Waals surface area contributed by atoms with Crippen LogP contribution < -0.4 is 11.1 Å². The summed E-state index contributed by atoms with van der Waals surface area (Å²) in [6.45, 7) is 6.83. The van der Waals surface area contributed by atoms with Crippen molar-refractivity contribution < 1.29 is 9.53 Å². The fraction of sp³-hybridized carbons (Fsp3) is 0.562. The lowest BCUT2D eigenvalue weighted by Crippen LogP contribution is -2.36. The minimum Gasteiger partial charge on any atom is -0.379 e. The highest BCUT2D eigenvalue weighted by molar-refractivity contribution is 5.76. The molecule has 0 aliphatic carbocycles. The Labute approximate surface area is 126 Å². The molecule has 1 unspecified atom stereocenters. The highest BCUT2D eigenvalue weighted by atomic mass is 16.5. The predicted octanol–water partition coefficient (Wildman–Crippen LogP) is 0.872. The van der Waals surface area contributed by atoms with E-state index in [0.29, 0.717) is 13.0 Å². The van der Waals surface area contributed by atoms with Crippen LogP contribution in [0.15, 0.2) is 24.3 Å². The third kappa shape index (κ3) is 5.46. The van der Waals surface area contributed by atoms with Gasteiger partial charge in [-0.1, -0.05) is 24.3 Å². The number of hydrogen-bond acceptors (Lipinski definition) is 4. The molecule has 1 amide bonds. The molecule has 0 aromatic heterocycles. The molecule has 1 fully saturated rings. The fourth-order valence-corrected chi connectivity index (χ4v) is 2.44. The maximum Gasteiger partial charge on any atom is 0.221 e. The number of ether oxygens (including phenoxy) is 1. The largest absolute Gasteiger partial charge is 0.379 e. The van der Waals surface area contributed by atoms with E-state index in [2.05, 4.69) is 22.3 Å². The third-order valence-corrected chi connectivity index (χ3v) is 3.60. The zero-order valence-corrected chi connectivity index (χ0v) is 12.7. The van der Waals surface area contributed by atoms with Crippen LogP contribution in [0.25, 0.3) is 0 Å². The van der Waals surface area contributed by atoms with Crippen LogP contribution in [-0.4, -0.2) is 43.2 Å². The lowest BCUT2D eigenvalue weighted by molar-refractivity contribution is -0.121. The lowest BCUT2D eigenvalue weighted by Gasteiger charge is -2.27. The maximum atomic E-state index is 11.7. The van der Waals surface area contributed by atoms with Crippen molar-refractivity contribution in [3.63, 3.8) is 0 Å². The Balaban J connectivity index is 1.91. The number of benzene rings is 1. The number of amides is 1. The van der Waals surface area contributed by atoms with Gasteiger partial charge in [-0.15, -0.1) is 0 Å². The molecule has 1 heterocycles. The van der Waals surface area contributed by atoms with Crippen LogP contribution in [0.5, 0.6) is 0 Å². The summed E-state index contributed by atoms with van der Waals surface area (Å²) in [6.07, 6.45) is 0.367. The van der Waals surface area contributed by atoms with E-state index in [1.807, 2.05) is 19.1 Å². The van der Waals surface area contributed by atoms with Crippen LogP contribution in [-0.2, 0) is 22.6 Å². The molecule has 0 radical (unpaired) electrons. The van der Waals surface area contributed by atoms with Crippen molar-refractivity contribution in [2.45, 2.75) is 32.5 Å². The fourth-order valence-electron chi connectivity index (χ4n) is 2.44. The normalized spacial score (nSPS) is 17.4. The van der Waals surface area contributed by atoms with Crippen LogP contribution in [0.4, 0.5) is 0 Å². The van der Waals surface area contributed by atoms with Crippen molar-refractivity contribution in [2.24, 2.45) is 5.73 Å². The van der Waals surface area contributed by atoms with Crippen LogP contribution in [0.2, 0.25) is 0 Å². The van der Waals surface area contributed by atoms with Gasteiger partial charge >= 0.3 is 0 Å². The first-order valence-corrected chi connectivity index (χ1v) is 7.54. The van der Waals surface area contributed by atoms with Crippen LogP contribution >= 0.6 is 0 Å². The van der Waals surface area contributed by atoms with Gasteiger partial charge < -0.3 is 15.8 Å². The summed E-state index contributed by atoms with van der Waals surface area (Å²) in [5.74, 6) is 0.00572. The van der Waals surface area contributed by atoms with E-state index in [-0.39, 0.29) is 11.9 Å². The van der Waals surface area contributed by atoms with Gasteiger partial charge in [0.1, 0.15) is 0 Å². The molecule has 1 aliphatic heterocycles. The molecule has 1 aliphatic rings. The molecule has 116 valence electrons. The summed E-state index contributed by atoms with van der Waals surface area (Å²) in [4.78, 5) is 14.1. The van der Waals surface area contributed by atoms with E-state index < -0.39 is 0 Å². The van der Waals surface area contributed by atoms with Gasteiger partial charge in [-0.25, -0.2) is 0 Å². The summed E-state index contributed by atoms with van der Waals surface area (Å²) < 4.78 is 5.37. The van der Waals surface area contributed by atoms with Crippen molar-refractivity contribution >= 4 is 5.91 Å². The molecule has 0 bridgehead atoms. The van der Waals surface area contributed by atoms with Crippen LogP contribution in [0.3, 0.4) is 0 Å². The van der Waals surface area contributed by atoms with Crippen molar-refractivity contribution in [3.05, 3.63) is 35.4 Å². The number of hydrogen-bond donors (Lipinski definition) is 2. The summed E-state index contributed by atoms with van der Waals surface area (Å²) in [5, 5.41) is 2.95. The molecular weight excluding hydrogens is 266 g/mol. The highest BCUT2D eigenvalue weighted by Crippen LogP contribution is 2.13. The Morgan fingerprint density at radius 2 is 2.00 bits per heavy atom. The number of nitrogens with two attached hydrogens (primary N) is 1. The van der Waals surface area contributed by atoms with E-state index in [4.69, 9.17) is 10.5 Å². The zero-order chi connectivity index (χ0) is 15.1. The van der Waals surface area contributed by atoms with Crippen molar-refractivity contribution in [3.8, 4) is 0 Å². The topological polar surface area (TPSA) is 67.6 Å².